The minimum absolute atomic E-state index is 0.0439. The Balaban J connectivity index is 1.68. The molecule has 3 heteroatoms. The lowest BCUT2D eigenvalue weighted by Crippen LogP contribution is -2.14. The van der Waals surface area contributed by atoms with E-state index in [2.05, 4.69) is 36.5 Å². The van der Waals surface area contributed by atoms with Gasteiger partial charge in [0.25, 0.3) is 0 Å². The van der Waals surface area contributed by atoms with Crippen LogP contribution in [0.25, 0.3) is 6.08 Å². The predicted octanol–water partition coefficient (Wildman–Crippen LogP) is 4.63. The Labute approximate surface area is 136 Å². The van der Waals surface area contributed by atoms with Crippen LogP contribution in [0.4, 0.5) is 5.69 Å². The van der Waals surface area contributed by atoms with E-state index in [0.717, 1.165) is 17.9 Å². The predicted molar refractivity (Wildman–Crippen MR) is 97.3 cm³/mol. The molecule has 22 heavy (non-hydrogen) atoms. The number of aryl methyl sites for hydroxylation is 1. The van der Waals surface area contributed by atoms with E-state index >= 15 is 0 Å². The van der Waals surface area contributed by atoms with Crippen molar-refractivity contribution >= 4 is 29.4 Å². The number of nitrogens with one attached hydrogen (secondary N) is 1. The van der Waals surface area contributed by atoms with Crippen LogP contribution in [0.5, 0.6) is 0 Å². The van der Waals surface area contributed by atoms with Gasteiger partial charge in [0.1, 0.15) is 0 Å². The Bertz CT molecular complexity index is 605. The van der Waals surface area contributed by atoms with Crippen LogP contribution in [0.15, 0.2) is 60.7 Å². The first-order valence-corrected chi connectivity index (χ1v) is 8.61. The van der Waals surface area contributed by atoms with Crippen molar-refractivity contribution in [3.63, 3.8) is 0 Å². The Morgan fingerprint density at radius 2 is 1.82 bits per heavy atom. The molecule has 0 saturated carbocycles. The molecule has 2 aromatic rings. The topological polar surface area (TPSA) is 29.1 Å². The second-order valence-electron chi connectivity index (χ2n) is 4.93. The van der Waals surface area contributed by atoms with Crippen LogP contribution >= 0.6 is 11.8 Å². The number of thioether (sulfide) groups is 1. The fraction of sp³-hybridized carbons (Fsp3) is 0.211. The molecule has 2 rings (SSSR count). The third-order valence-corrected chi connectivity index (χ3v) is 4.10. The quantitative estimate of drug-likeness (QED) is 0.755. The number of hydrogen-bond acceptors (Lipinski definition) is 2. The first-order chi connectivity index (χ1) is 10.8. The molecule has 2 nitrogen and oxygen atoms in total. The molecule has 114 valence electrons. The standard InChI is InChI=1S/C19H21NOS/c1-2-16-10-12-18(13-11-16)20-19(21)15-22-14-6-9-17-7-4-3-5-8-17/h3-13H,2,14-15H2,1H3,(H,20,21). The van der Waals surface area contributed by atoms with Crippen molar-refractivity contribution in [3.05, 3.63) is 71.8 Å². The molecule has 1 N–H and O–H groups in total. The summed E-state index contributed by atoms with van der Waals surface area (Å²) >= 11 is 1.61. The second kappa shape index (κ2) is 9.11. The zero-order chi connectivity index (χ0) is 15.6. The lowest BCUT2D eigenvalue weighted by Gasteiger charge is -2.05. The number of hydrogen-bond donors (Lipinski definition) is 1. The average molecular weight is 311 g/mol. The van der Waals surface area contributed by atoms with Crippen molar-refractivity contribution in [2.45, 2.75) is 13.3 Å². The first-order valence-electron chi connectivity index (χ1n) is 7.46. The van der Waals surface area contributed by atoms with Gasteiger partial charge in [0.2, 0.25) is 5.91 Å². The molecule has 0 fully saturated rings. The van der Waals surface area contributed by atoms with Gasteiger partial charge in [-0.25, -0.2) is 0 Å². The van der Waals surface area contributed by atoms with E-state index in [1.807, 2.05) is 42.5 Å². The molecule has 0 heterocycles. The van der Waals surface area contributed by atoms with Gasteiger partial charge in [-0.2, -0.15) is 0 Å². The summed E-state index contributed by atoms with van der Waals surface area (Å²) in [5, 5.41) is 2.92. The Hall–Kier alpha value is -2.00. The minimum Gasteiger partial charge on any atom is -0.325 e. The molecule has 0 aliphatic heterocycles. The van der Waals surface area contributed by atoms with E-state index in [9.17, 15) is 4.79 Å². The highest BCUT2D eigenvalue weighted by atomic mass is 32.2. The average Bonchev–Trinajstić information content (AvgIpc) is 2.56. The zero-order valence-corrected chi connectivity index (χ0v) is 13.6. The van der Waals surface area contributed by atoms with Gasteiger partial charge in [0, 0.05) is 11.4 Å². The van der Waals surface area contributed by atoms with E-state index in [-0.39, 0.29) is 5.91 Å². The fourth-order valence-corrected chi connectivity index (χ4v) is 2.60. The molecule has 0 aliphatic rings. The smallest absolute Gasteiger partial charge is 0.234 e. The van der Waals surface area contributed by atoms with Crippen molar-refractivity contribution < 1.29 is 4.79 Å². The Morgan fingerprint density at radius 1 is 1.09 bits per heavy atom. The molecule has 0 bridgehead atoms. The number of carbonyl (C=O) groups excluding carboxylic acids is 1. The van der Waals surface area contributed by atoms with Crippen LogP contribution < -0.4 is 5.32 Å². The number of carbonyl (C=O) groups is 1. The summed E-state index contributed by atoms with van der Waals surface area (Å²) in [7, 11) is 0. The van der Waals surface area contributed by atoms with Crippen LogP contribution in [0.1, 0.15) is 18.1 Å². The summed E-state index contributed by atoms with van der Waals surface area (Å²) in [5.41, 5.74) is 3.32. The molecule has 2 aromatic carbocycles. The van der Waals surface area contributed by atoms with E-state index in [1.54, 1.807) is 11.8 Å². The summed E-state index contributed by atoms with van der Waals surface area (Å²) in [6, 6.07) is 18.2. The highest BCUT2D eigenvalue weighted by Crippen LogP contribution is 2.11. The van der Waals surface area contributed by atoms with Gasteiger partial charge in [-0.05, 0) is 29.7 Å². The van der Waals surface area contributed by atoms with E-state index in [1.165, 1.54) is 11.1 Å². The van der Waals surface area contributed by atoms with Crippen molar-refractivity contribution in [1.29, 1.82) is 0 Å². The molecule has 0 aromatic heterocycles. The third kappa shape index (κ3) is 5.78. The fourth-order valence-electron chi connectivity index (χ4n) is 1.99. The van der Waals surface area contributed by atoms with E-state index in [4.69, 9.17) is 0 Å². The summed E-state index contributed by atoms with van der Waals surface area (Å²) in [5.74, 6) is 1.34. The van der Waals surface area contributed by atoms with Gasteiger partial charge < -0.3 is 5.32 Å². The first kappa shape index (κ1) is 16.4. The molecule has 0 radical (unpaired) electrons. The highest BCUT2D eigenvalue weighted by molar-refractivity contribution is 8.00. The van der Waals surface area contributed by atoms with E-state index in [0.29, 0.717) is 5.75 Å². The van der Waals surface area contributed by atoms with Gasteiger partial charge in [-0.1, -0.05) is 61.5 Å². The van der Waals surface area contributed by atoms with Crippen LogP contribution in [-0.4, -0.2) is 17.4 Å². The highest BCUT2D eigenvalue weighted by Gasteiger charge is 2.01. The lowest BCUT2D eigenvalue weighted by atomic mass is 10.1. The van der Waals surface area contributed by atoms with Crippen LogP contribution in [0.3, 0.4) is 0 Å². The number of rotatable bonds is 7. The number of benzene rings is 2. The van der Waals surface area contributed by atoms with Crippen molar-refractivity contribution in [1.82, 2.24) is 0 Å². The molecule has 0 spiro atoms. The van der Waals surface area contributed by atoms with Gasteiger partial charge in [0.05, 0.1) is 5.75 Å². The molecule has 0 unspecified atom stereocenters. The molecule has 0 saturated heterocycles. The van der Waals surface area contributed by atoms with Gasteiger partial charge in [0.15, 0.2) is 0 Å². The SMILES string of the molecule is CCc1ccc(NC(=O)CSCC=Cc2ccccc2)cc1. The second-order valence-corrected chi connectivity index (χ2v) is 5.96. The van der Waals surface area contributed by atoms with Crippen molar-refractivity contribution in [2.24, 2.45) is 0 Å². The minimum atomic E-state index is 0.0439. The maximum Gasteiger partial charge on any atom is 0.234 e. The van der Waals surface area contributed by atoms with Crippen LogP contribution in [0, 0.1) is 0 Å². The Kier molecular flexibility index (Phi) is 6.78. The molecule has 0 atom stereocenters. The van der Waals surface area contributed by atoms with Crippen LogP contribution in [-0.2, 0) is 11.2 Å². The maximum absolute atomic E-state index is 11.8. The molecular formula is C19H21NOS. The molecule has 0 aliphatic carbocycles. The molecular weight excluding hydrogens is 290 g/mol. The maximum atomic E-state index is 11.8. The van der Waals surface area contributed by atoms with Gasteiger partial charge in [-0.3, -0.25) is 4.79 Å². The zero-order valence-electron chi connectivity index (χ0n) is 12.8. The summed E-state index contributed by atoms with van der Waals surface area (Å²) < 4.78 is 0. The number of amides is 1. The normalized spacial score (nSPS) is 10.8. The summed E-state index contributed by atoms with van der Waals surface area (Å²) in [4.78, 5) is 11.8. The summed E-state index contributed by atoms with van der Waals surface area (Å²) in [6.45, 7) is 2.12. The van der Waals surface area contributed by atoms with Crippen molar-refractivity contribution in [2.75, 3.05) is 16.8 Å². The number of anilines is 1. The van der Waals surface area contributed by atoms with Crippen molar-refractivity contribution in [3.8, 4) is 0 Å². The lowest BCUT2D eigenvalue weighted by molar-refractivity contribution is -0.113. The van der Waals surface area contributed by atoms with Gasteiger partial charge >= 0.3 is 0 Å². The monoisotopic (exact) mass is 311 g/mol. The van der Waals surface area contributed by atoms with E-state index < -0.39 is 0 Å². The van der Waals surface area contributed by atoms with Gasteiger partial charge in [-0.15, -0.1) is 11.8 Å². The summed E-state index contributed by atoms with van der Waals surface area (Å²) in [6.07, 6.45) is 5.18. The largest absolute Gasteiger partial charge is 0.325 e. The van der Waals surface area contributed by atoms with Crippen LogP contribution in [0.2, 0.25) is 0 Å². The Morgan fingerprint density at radius 3 is 2.50 bits per heavy atom. The third-order valence-electron chi connectivity index (χ3n) is 3.20. The molecule has 1 amide bonds.